The highest BCUT2D eigenvalue weighted by molar-refractivity contribution is 7.13. The van der Waals surface area contributed by atoms with Gasteiger partial charge in [0.15, 0.2) is 0 Å². The highest BCUT2D eigenvalue weighted by atomic mass is 32.1. The molecule has 1 atom stereocenters. The summed E-state index contributed by atoms with van der Waals surface area (Å²) in [5.41, 5.74) is 0.567. The van der Waals surface area contributed by atoms with Gasteiger partial charge in [-0.05, 0) is 44.6 Å². The van der Waals surface area contributed by atoms with Crippen molar-refractivity contribution in [3.05, 3.63) is 16.3 Å². The summed E-state index contributed by atoms with van der Waals surface area (Å²) in [5, 5.41) is 1.88. The number of esters is 1. The third-order valence-corrected chi connectivity index (χ3v) is 4.01. The lowest BCUT2D eigenvalue weighted by molar-refractivity contribution is 0.0532. The highest BCUT2D eigenvalue weighted by Gasteiger charge is 2.44. The van der Waals surface area contributed by atoms with Crippen LogP contribution in [0, 0.1) is 0 Å². The first-order valence-corrected chi connectivity index (χ1v) is 6.91. The molecular weight excluding hydrogens is 251 g/mol. The maximum atomic E-state index is 11.6. The number of ether oxygens (including phenoxy) is 1. The van der Waals surface area contributed by atoms with Crippen LogP contribution in [-0.4, -0.2) is 31.4 Å². The molecule has 0 aromatic carbocycles. The molecule has 2 rings (SSSR count). The monoisotopic (exact) mass is 268 g/mol. The van der Waals surface area contributed by atoms with E-state index in [9.17, 15) is 4.79 Å². The zero-order chi connectivity index (χ0) is 13.3. The standard InChI is InChI=1S/C12H17BO4S/c1-5-15-11(14)10-6-9(7-18-10)13-16-8(2)12(3,4)17-13/h6-8H,5H2,1-4H3. The van der Waals surface area contributed by atoms with Gasteiger partial charge < -0.3 is 14.0 Å². The molecule has 0 aliphatic carbocycles. The maximum absolute atomic E-state index is 11.6. The van der Waals surface area contributed by atoms with Gasteiger partial charge in [-0.2, -0.15) is 0 Å². The quantitative estimate of drug-likeness (QED) is 0.619. The molecule has 0 spiro atoms. The SMILES string of the molecule is CCOC(=O)c1cc(B2OC(C)C(C)(C)O2)cs1. The molecule has 1 unspecified atom stereocenters. The Hall–Kier alpha value is -0.845. The number of carbonyl (C=O) groups is 1. The van der Waals surface area contributed by atoms with Gasteiger partial charge in [0, 0.05) is 0 Å². The van der Waals surface area contributed by atoms with Crippen LogP contribution in [-0.2, 0) is 14.0 Å². The van der Waals surface area contributed by atoms with E-state index in [1.54, 1.807) is 13.0 Å². The zero-order valence-corrected chi connectivity index (χ0v) is 11.9. The number of carbonyl (C=O) groups excluding carboxylic acids is 1. The van der Waals surface area contributed by atoms with Gasteiger partial charge in [0.25, 0.3) is 0 Å². The van der Waals surface area contributed by atoms with E-state index >= 15 is 0 Å². The number of hydrogen-bond acceptors (Lipinski definition) is 5. The van der Waals surface area contributed by atoms with Gasteiger partial charge in [0.05, 0.1) is 18.3 Å². The van der Waals surface area contributed by atoms with E-state index in [1.807, 2.05) is 26.2 Å². The molecule has 1 aliphatic rings. The van der Waals surface area contributed by atoms with E-state index in [0.29, 0.717) is 11.5 Å². The predicted octanol–water partition coefficient (Wildman–Crippen LogP) is 1.83. The molecule has 1 aliphatic heterocycles. The fraction of sp³-hybridized carbons (Fsp3) is 0.583. The molecule has 0 bridgehead atoms. The molecule has 18 heavy (non-hydrogen) atoms. The molecule has 0 radical (unpaired) electrons. The minimum atomic E-state index is -0.394. The van der Waals surface area contributed by atoms with Crippen LogP contribution in [0.15, 0.2) is 11.4 Å². The maximum Gasteiger partial charge on any atom is 0.495 e. The Morgan fingerprint density at radius 2 is 2.33 bits per heavy atom. The molecule has 1 fully saturated rings. The van der Waals surface area contributed by atoms with Gasteiger partial charge in [-0.1, -0.05) is 0 Å². The van der Waals surface area contributed by atoms with Crippen molar-refractivity contribution in [3.63, 3.8) is 0 Å². The van der Waals surface area contributed by atoms with Gasteiger partial charge in [-0.3, -0.25) is 0 Å². The number of thiophene rings is 1. The summed E-state index contributed by atoms with van der Waals surface area (Å²) in [4.78, 5) is 12.2. The molecule has 2 heterocycles. The summed E-state index contributed by atoms with van der Waals surface area (Å²) in [6.45, 7) is 8.15. The molecule has 1 saturated heterocycles. The molecule has 0 N–H and O–H groups in total. The Labute approximate surface area is 111 Å². The first-order chi connectivity index (χ1) is 8.44. The van der Waals surface area contributed by atoms with E-state index in [1.165, 1.54) is 11.3 Å². The van der Waals surface area contributed by atoms with Crippen molar-refractivity contribution in [2.75, 3.05) is 6.61 Å². The zero-order valence-electron chi connectivity index (χ0n) is 11.1. The third kappa shape index (κ3) is 2.60. The second-order valence-electron chi connectivity index (χ2n) is 4.80. The van der Waals surface area contributed by atoms with Gasteiger partial charge >= 0.3 is 13.1 Å². The fourth-order valence-electron chi connectivity index (χ4n) is 1.68. The normalized spacial score (nSPS) is 22.2. The van der Waals surface area contributed by atoms with Crippen LogP contribution >= 0.6 is 11.3 Å². The largest absolute Gasteiger partial charge is 0.495 e. The van der Waals surface area contributed by atoms with Crippen molar-refractivity contribution in [2.45, 2.75) is 39.4 Å². The van der Waals surface area contributed by atoms with E-state index in [4.69, 9.17) is 14.0 Å². The lowest BCUT2D eigenvalue weighted by Crippen LogP contribution is -2.34. The van der Waals surface area contributed by atoms with Crippen LogP contribution in [0.25, 0.3) is 0 Å². The van der Waals surface area contributed by atoms with Crippen molar-refractivity contribution in [2.24, 2.45) is 0 Å². The van der Waals surface area contributed by atoms with Crippen LogP contribution in [0.3, 0.4) is 0 Å². The van der Waals surface area contributed by atoms with Gasteiger partial charge in [-0.15, -0.1) is 11.3 Å². The Morgan fingerprint density at radius 3 is 2.89 bits per heavy atom. The number of rotatable bonds is 3. The second-order valence-corrected chi connectivity index (χ2v) is 5.71. The lowest BCUT2D eigenvalue weighted by Gasteiger charge is -2.21. The molecule has 6 heteroatoms. The van der Waals surface area contributed by atoms with Crippen molar-refractivity contribution in [1.29, 1.82) is 0 Å². The van der Waals surface area contributed by atoms with Crippen molar-refractivity contribution >= 4 is 29.9 Å². The molecule has 98 valence electrons. The van der Waals surface area contributed by atoms with E-state index in [-0.39, 0.29) is 17.7 Å². The summed E-state index contributed by atoms with van der Waals surface area (Å²) in [5.74, 6) is -0.293. The smallest absolute Gasteiger partial charge is 0.462 e. The predicted molar refractivity (Wildman–Crippen MR) is 71.4 cm³/mol. The summed E-state index contributed by atoms with van der Waals surface area (Å²) in [6, 6.07) is 1.78. The molecular formula is C12H17BO4S. The summed E-state index contributed by atoms with van der Waals surface area (Å²) < 4.78 is 16.5. The average molecular weight is 268 g/mol. The Balaban J connectivity index is 2.10. The Morgan fingerprint density at radius 1 is 1.61 bits per heavy atom. The fourth-order valence-corrected chi connectivity index (χ4v) is 2.48. The van der Waals surface area contributed by atoms with Crippen LogP contribution in [0.1, 0.15) is 37.4 Å². The highest BCUT2D eigenvalue weighted by Crippen LogP contribution is 2.27. The first-order valence-electron chi connectivity index (χ1n) is 6.03. The minimum absolute atomic E-state index is 0.0217. The number of hydrogen-bond donors (Lipinski definition) is 0. The molecule has 4 nitrogen and oxygen atoms in total. The van der Waals surface area contributed by atoms with Gasteiger partial charge in [-0.25, -0.2) is 4.79 Å². The van der Waals surface area contributed by atoms with E-state index in [0.717, 1.165) is 5.46 Å². The van der Waals surface area contributed by atoms with Gasteiger partial charge in [0.1, 0.15) is 4.88 Å². The Kier molecular flexibility index (Phi) is 3.80. The van der Waals surface area contributed by atoms with Crippen LogP contribution in [0.5, 0.6) is 0 Å². The van der Waals surface area contributed by atoms with Gasteiger partial charge in [0.2, 0.25) is 0 Å². The van der Waals surface area contributed by atoms with Crippen molar-refractivity contribution in [1.82, 2.24) is 0 Å². The summed E-state index contributed by atoms with van der Waals surface area (Å²) in [6.07, 6.45) is 0.0217. The summed E-state index contributed by atoms with van der Waals surface area (Å²) >= 11 is 1.35. The van der Waals surface area contributed by atoms with E-state index in [2.05, 4.69) is 0 Å². The van der Waals surface area contributed by atoms with Crippen LogP contribution in [0.2, 0.25) is 0 Å². The lowest BCUT2D eigenvalue weighted by atomic mass is 9.81. The average Bonchev–Trinajstić information content (AvgIpc) is 2.85. The van der Waals surface area contributed by atoms with Crippen molar-refractivity contribution in [3.8, 4) is 0 Å². The van der Waals surface area contributed by atoms with Crippen LogP contribution < -0.4 is 5.46 Å². The van der Waals surface area contributed by atoms with Crippen LogP contribution in [0.4, 0.5) is 0 Å². The molecule has 1 aromatic rings. The first kappa shape index (κ1) is 13.6. The molecule has 1 aromatic heterocycles. The third-order valence-electron chi connectivity index (χ3n) is 3.09. The minimum Gasteiger partial charge on any atom is -0.462 e. The molecule has 0 amide bonds. The second kappa shape index (κ2) is 5.03. The molecule has 0 saturated carbocycles. The topological polar surface area (TPSA) is 44.8 Å². The summed E-state index contributed by atoms with van der Waals surface area (Å²) in [7, 11) is -0.394. The van der Waals surface area contributed by atoms with E-state index < -0.39 is 7.12 Å². The Bertz CT molecular complexity index is 443. The van der Waals surface area contributed by atoms with Crippen molar-refractivity contribution < 1.29 is 18.8 Å².